The van der Waals surface area contributed by atoms with Gasteiger partial charge in [-0.15, -0.1) is 0 Å². The molecule has 1 aromatic carbocycles. The van der Waals surface area contributed by atoms with Crippen molar-refractivity contribution in [3.8, 4) is 0 Å². The van der Waals surface area contributed by atoms with Crippen molar-refractivity contribution in [3.05, 3.63) is 29.6 Å². The fraction of sp³-hybridized carbons (Fsp3) is 0.400. The van der Waals surface area contributed by atoms with Crippen LogP contribution in [0.5, 0.6) is 0 Å². The van der Waals surface area contributed by atoms with Crippen molar-refractivity contribution in [3.63, 3.8) is 0 Å². The first-order valence-corrected chi connectivity index (χ1v) is 6.98. The summed E-state index contributed by atoms with van der Waals surface area (Å²) in [6.45, 7) is 3.34. The molecule has 1 aliphatic heterocycles. The molecule has 0 spiro atoms. The van der Waals surface area contributed by atoms with Gasteiger partial charge in [0.1, 0.15) is 12.1 Å². The highest BCUT2D eigenvalue weighted by Gasteiger charge is 2.18. The van der Waals surface area contributed by atoms with Gasteiger partial charge in [0.2, 0.25) is 0 Å². The molecule has 1 saturated heterocycles. The van der Waals surface area contributed by atoms with E-state index in [0.717, 1.165) is 37.0 Å². The lowest BCUT2D eigenvalue weighted by Gasteiger charge is -2.24. The van der Waals surface area contributed by atoms with Gasteiger partial charge in [0, 0.05) is 24.6 Å². The van der Waals surface area contributed by atoms with E-state index in [1.165, 1.54) is 6.33 Å². The molecule has 110 valence electrons. The minimum Gasteiger partial charge on any atom is -0.478 e. The molecular formula is C15H17N3O3. The minimum atomic E-state index is -0.973. The van der Waals surface area contributed by atoms with E-state index >= 15 is 0 Å². The molecule has 2 aromatic rings. The third-order valence-corrected chi connectivity index (χ3v) is 3.68. The first kappa shape index (κ1) is 13.8. The van der Waals surface area contributed by atoms with Crippen LogP contribution in [0.4, 0.5) is 5.82 Å². The molecule has 21 heavy (non-hydrogen) atoms. The van der Waals surface area contributed by atoms with Crippen LogP contribution in [0.3, 0.4) is 0 Å². The third kappa shape index (κ3) is 2.80. The van der Waals surface area contributed by atoms with Gasteiger partial charge in [0.15, 0.2) is 0 Å². The molecule has 0 atom stereocenters. The van der Waals surface area contributed by atoms with E-state index in [0.29, 0.717) is 17.4 Å². The molecule has 0 saturated carbocycles. The van der Waals surface area contributed by atoms with Gasteiger partial charge in [-0.1, -0.05) is 0 Å². The van der Waals surface area contributed by atoms with Crippen LogP contribution in [0.25, 0.3) is 10.9 Å². The maximum Gasteiger partial charge on any atom is 0.337 e. The Labute approximate surface area is 122 Å². The molecule has 3 rings (SSSR count). The van der Waals surface area contributed by atoms with E-state index in [1.54, 1.807) is 6.07 Å². The molecule has 0 radical (unpaired) electrons. The number of carbonyl (C=O) groups is 1. The Bertz CT molecular complexity index is 681. The van der Waals surface area contributed by atoms with Gasteiger partial charge in [-0.2, -0.15) is 0 Å². The quantitative estimate of drug-likeness (QED) is 0.900. The molecule has 2 N–H and O–H groups in total. The summed E-state index contributed by atoms with van der Waals surface area (Å²) in [5, 5.41) is 13.5. The maximum absolute atomic E-state index is 11.4. The topological polar surface area (TPSA) is 84.3 Å². The molecule has 1 fully saturated rings. The van der Waals surface area contributed by atoms with Gasteiger partial charge >= 0.3 is 5.97 Å². The van der Waals surface area contributed by atoms with E-state index < -0.39 is 5.97 Å². The van der Waals surface area contributed by atoms with Crippen molar-refractivity contribution < 1.29 is 14.6 Å². The summed E-state index contributed by atoms with van der Waals surface area (Å²) in [4.78, 5) is 19.8. The monoisotopic (exact) mass is 287 g/mol. The molecule has 0 aliphatic carbocycles. The molecule has 0 amide bonds. The summed E-state index contributed by atoms with van der Waals surface area (Å²) >= 11 is 0. The van der Waals surface area contributed by atoms with E-state index in [4.69, 9.17) is 4.74 Å². The number of aryl methyl sites for hydroxylation is 1. The van der Waals surface area contributed by atoms with E-state index in [-0.39, 0.29) is 5.56 Å². The second-order valence-corrected chi connectivity index (χ2v) is 5.27. The molecule has 0 bridgehead atoms. The van der Waals surface area contributed by atoms with Gasteiger partial charge in [0.25, 0.3) is 0 Å². The summed E-state index contributed by atoms with van der Waals surface area (Å²) in [5.41, 5.74) is 1.56. The molecule has 0 unspecified atom stereocenters. The Morgan fingerprint density at radius 2 is 2.10 bits per heavy atom. The number of benzene rings is 1. The number of hydrogen-bond acceptors (Lipinski definition) is 5. The van der Waals surface area contributed by atoms with Crippen LogP contribution in [0.2, 0.25) is 0 Å². The second kappa shape index (κ2) is 5.65. The second-order valence-electron chi connectivity index (χ2n) is 5.27. The number of anilines is 1. The van der Waals surface area contributed by atoms with E-state index in [1.807, 2.05) is 13.0 Å². The van der Waals surface area contributed by atoms with Crippen LogP contribution in [0, 0.1) is 6.92 Å². The van der Waals surface area contributed by atoms with Crippen molar-refractivity contribution in [2.75, 3.05) is 18.5 Å². The van der Waals surface area contributed by atoms with Crippen LogP contribution < -0.4 is 5.32 Å². The molecule has 1 aromatic heterocycles. The highest BCUT2D eigenvalue weighted by Crippen LogP contribution is 2.26. The van der Waals surface area contributed by atoms with Crippen molar-refractivity contribution in [2.24, 2.45) is 0 Å². The molecular weight excluding hydrogens is 270 g/mol. The Morgan fingerprint density at radius 1 is 1.33 bits per heavy atom. The minimum absolute atomic E-state index is 0.211. The Kier molecular flexibility index (Phi) is 3.70. The average molecular weight is 287 g/mol. The predicted octanol–water partition coefficient (Wildman–Crippen LogP) is 2.23. The van der Waals surface area contributed by atoms with Crippen LogP contribution >= 0.6 is 0 Å². The van der Waals surface area contributed by atoms with Crippen LogP contribution in [-0.2, 0) is 4.74 Å². The fourth-order valence-electron chi connectivity index (χ4n) is 2.63. The van der Waals surface area contributed by atoms with Crippen LogP contribution in [0.1, 0.15) is 28.8 Å². The highest BCUT2D eigenvalue weighted by molar-refractivity contribution is 6.05. The zero-order valence-electron chi connectivity index (χ0n) is 11.8. The standard InChI is InChI=1S/C15H17N3O3/c1-9-6-11-13(12(7-9)15(19)20)16-8-17-14(11)18-10-2-4-21-5-3-10/h6-8,10H,2-5H2,1H3,(H,19,20)(H,16,17,18). The number of fused-ring (bicyclic) bond motifs is 1. The Balaban J connectivity index is 2.04. The van der Waals surface area contributed by atoms with Gasteiger partial charge in [-0.05, 0) is 37.5 Å². The van der Waals surface area contributed by atoms with Crippen LogP contribution in [-0.4, -0.2) is 40.3 Å². The third-order valence-electron chi connectivity index (χ3n) is 3.68. The lowest BCUT2D eigenvalue weighted by atomic mass is 10.1. The Hall–Kier alpha value is -2.21. The number of aromatic carboxylic acids is 1. The summed E-state index contributed by atoms with van der Waals surface area (Å²) in [5.74, 6) is -0.280. The van der Waals surface area contributed by atoms with Gasteiger partial charge in [0.05, 0.1) is 11.1 Å². The number of nitrogens with one attached hydrogen (secondary N) is 1. The summed E-state index contributed by atoms with van der Waals surface area (Å²) in [6, 6.07) is 3.85. The van der Waals surface area contributed by atoms with E-state index in [2.05, 4.69) is 15.3 Å². The Morgan fingerprint density at radius 3 is 2.81 bits per heavy atom. The zero-order chi connectivity index (χ0) is 14.8. The fourth-order valence-corrected chi connectivity index (χ4v) is 2.63. The SMILES string of the molecule is Cc1cc(C(=O)O)c2ncnc(NC3CCOCC3)c2c1. The van der Waals surface area contributed by atoms with Gasteiger partial charge < -0.3 is 15.2 Å². The number of nitrogens with zero attached hydrogens (tertiary/aromatic N) is 2. The number of hydrogen-bond donors (Lipinski definition) is 2. The zero-order valence-corrected chi connectivity index (χ0v) is 11.8. The number of rotatable bonds is 3. The number of aromatic nitrogens is 2. The van der Waals surface area contributed by atoms with Crippen molar-refractivity contribution in [1.29, 1.82) is 0 Å². The van der Waals surface area contributed by atoms with Gasteiger partial charge in [-0.3, -0.25) is 0 Å². The lowest BCUT2D eigenvalue weighted by Crippen LogP contribution is -2.28. The number of carboxylic acid groups (broad SMARTS) is 1. The lowest BCUT2D eigenvalue weighted by molar-refractivity contribution is 0.0698. The average Bonchev–Trinajstić information content (AvgIpc) is 2.48. The molecule has 6 nitrogen and oxygen atoms in total. The smallest absolute Gasteiger partial charge is 0.337 e. The number of ether oxygens (including phenoxy) is 1. The van der Waals surface area contributed by atoms with Crippen molar-refractivity contribution >= 4 is 22.7 Å². The first-order valence-electron chi connectivity index (χ1n) is 6.98. The maximum atomic E-state index is 11.4. The molecule has 1 aliphatic rings. The summed E-state index contributed by atoms with van der Waals surface area (Å²) < 4.78 is 5.34. The first-order chi connectivity index (χ1) is 10.1. The summed E-state index contributed by atoms with van der Waals surface area (Å²) in [7, 11) is 0. The predicted molar refractivity (Wildman–Crippen MR) is 78.7 cm³/mol. The van der Waals surface area contributed by atoms with Crippen molar-refractivity contribution in [2.45, 2.75) is 25.8 Å². The van der Waals surface area contributed by atoms with E-state index in [9.17, 15) is 9.90 Å². The van der Waals surface area contributed by atoms with Gasteiger partial charge in [-0.25, -0.2) is 14.8 Å². The largest absolute Gasteiger partial charge is 0.478 e. The normalized spacial score (nSPS) is 16.0. The van der Waals surface area contributed by atoms with Crippen molar-refractivity contribution in [1.82, 2.24) is 9.97 Å². The summed E-state index contributed by atoms with van der Waals surface area (Å²) in [6.07, 6.45) is 3.25. The molecule has 2 heterocycles. The number of carboxylic acids is 1. The molecule has 6 heteroatoms. The highest BCUT2D eigenvalue weighted by atomic mass is 16.5. The van der Waals surface area contributed by atoms with Crippen LogP contribution in [0.15, 0.2) is 18.5 Å².